The second kappa shape index (κ2) is 9.64. The number of rotatable bonds is 5. The van der Waals surface area contributed by atoms with E-state index in [2.05, 4.69) is 90.4 Å². The fourth-order valence-electron chi connectivity index (χ4n) is 4.88. The van der Waals surface area contributed by atoms with Crippen LogP contribution in [0.3, 0.4) is 0 Å². The van der Waals surface area contributed by atoms with E-state index in [-0.39, 0.29) is 24.8 Å². The largest absolute Gasteiger partial charge is 1.00 e. The fraction of sp³-hybridized carbons (Fsp3) is 0.292. The molecule has 0 fully saturated rings. The molecule has 0 nitrogen and oxygen atoms in total. The third-order valence-electron chi connectivity index (χ3n) is 6.18. The molecule has 0 radical (unpaired) electrons. The van der Waals surface area contributed by atoms with E-state index < -0.39 is 19.8 Å². The Hall–Kier alpha value is -0.747. The smallest absolute Gasteiger partial charge is 1.00 e. The number of allylic oxidation sites excluding steroid dienone is 2. The minimum Gasteiger partial charge on any atom is -1.00 e. The molecule has 2 aliphatic carbocycles. The summed E-state index contributed by atoms with van der Waals surface area (Å²) >= 11 is -2.68. The standard InChI is InChI=1S/2C9H7.C4H8.C2H5.2ClH.Zr/c2*1-2-5-9-7-3-6-8(9)4-1;1-3-4-2;1-2;;;/h2*1-7H;1H,3-4H2,2H3;1H2,2H3;2*1H;/q;;;;;;+2/p-2. The summed E-state index contributed by atoms with van der Waals surface area (Å²) in [5, 5.41) is 0. The van der Waals surface area contributed by atoms with Crippen LogP contribution in [0.25, 0.3) is 12.2 Å². The minimum atomic E-state index is -2.68. The Morgan fingerprint density at radius 2 is 1.26 bits per heavy atom. The predicted molar refractivity (Wildman–Crippen MR) is 108 cm³/mol. The molecule has 2 atom stereocenters. The molecule has 2 aromatic carbocycles. The number of hydrogen-bond acceptors (Lipinski definition) is 0. The van der Waals surface area contributed by atoms with Crippen molar-refractivity contribution in [3.63, 3.8) is 0 Å². The number of halogens is 2. The summed E-state index contributed by atoms with van der Waals surface area (Å²) in [6.45, 7) is 4.78. The van der Waals surface area contributed by atoms with Gasteiger partial charge in [-0.25, -0.2) is 0 Å². The van der Waals surface area contributed by atoms with E-state index in [4.69, 9.17) is 0 Å². The first kappa shape index (κ1) is 22.5. The zero-order valence-corrected chi connectivity index (χ0v) is 20.0. The molecule has 4 rings (SSSR count). The summed E-state index contributed by atoms with van der Waals surface area (Å²) in [6.07, 6.45) is 12.4. The van der Waals surface area contributed by atoms with Gasteiger partial charge in [-0.1, -0.05) is 0 Å². The molecule has 27 heavy (non-hydrogen) atoms. The van der Waals surface area contributed by atoms with E-state index in [9.17, 15) is 0 Å². The molecule has 2 aliphatic rings. The zero-order chi connectivity index (χ0) is 17.3. The molecule has 2 aromatic rings. The molecule has 0 saturated heterocycles. The van der Waals surface area contributed by atoms with E-state index in [1.165, 1.54) is 28.1 Å². The monoisotopic (exact) mass is 475 g/mol. The Balaban J connectivity index is 0.00000131. The molecule has 0 saturated carbocycles. The van der Waals surface area contributed by atoms with Gasteiger partial charge in [-0.3, -0.25) is 0 Å². The van der Waals surface area contributed by atoms with E-state index >= 15 is 0 Å². The minimum absolute atomic E-state index is 0. The summed E-state index contributed by atoms with van der Waals surface area (Å²) in [5.74, 6) is 0. The second-order valence-corrected chi connectivity index (χ2v) is 18.7. The average molecular weight is 478 g/mol. The van der Waals surface area contributed by atoms with Gasteiger partial charge in [-0.15, -0.1) is 0 Å². The maximum absolute atomic E-state index is 2.85. The van der Waals surface area contributed by atoms with Crippen LogP contribution in [0.15, 0.2) is 60.7 Å². The Morgan fingerprint density at radius 1 is 0.778 bits per heavy atom. The first-order valence-electron chi connectivity index (χ1n) is 9.68. The Bertz CT molecular complexity index is 829. The van der Waals surface area contributed by atoms with Crippen LogP contribution in [0.4, 0.5) is 0 Å². The topological polar surface area (TPSA) is 0 Å². The Morgan fingerprint density at radius 3 is 1.70 bits per heavy atom. The van der Waals surface area contributed by atoms with Crippen molar-refractivity contribution in [3.8, 4) is 0 Å². The summed E-state index contributed by atoms with van der Waals surface area (Å²) in [6, 6.07) is 18.1. The van der Waals surface area contributed by atoms with Gasteiger partial charge in [0.15, 0.2) is 0 Å². The third-order valence-corrected chi connectivity index (χ3v) is 19.9. The molecule has 2 unspecified atom stereocenters. The van der Waals surface area contributed by atoms with Crippen molar-refractivity contribution in [2.75, 3.05) is 0 Å². The van der Waals surface area contributed by atoms with Gasteiger partial charge in [-0.2, -0.15) is 0 Å². The van der Waals surface area contributed by atoms with Gasteiger partial charge in [0.25, 0.3) is 0 Å². The van der Waals surface area contributed by atoms with Gasteiger partial charge in [0, 0.05) is 0 Å². The first-order valence-corrected chi connectivity index (χ1v) is 15.7. The van der Waals surface area contributed by atoms with Crippen LogP contribution < -0.4 is 24.8 Å². The van der Waals surface area contributed by atoms with Gasteiger partial charge in [0.1, 0.15) is 0 Å². The molecule has 141 valence electrons. The Labute approximate surface area is 180 Å². The third kappa shape index (κ3) is 3.89. The number of fused-ring (bicyclic) bond motifs is 2. The molecule has 0 bridgehead atoms. The van der Waals surface area contributed by atoms with Crippen LogP contribution in [0, 0.1) is 0 Å². The first-order chi connectivity index (χ1) is 12.3. The molecular weight excluding hydrogens is 450 g/mol. The van der Waals surface area contributed by atoms with Crippen molar-refractivity contribution in [1.29, 1.82) is 0 Å². The Kier molecular flexibility index (Phi) is 8.05. The van der Waals surface area contributed by atoms with Crippen molar-refractivity contribution >= 4 is 15.9 Å². The zero-order valence-electron chi connectivity index (χ0n) is 16.0. The van der Waals surface area contributed by atoms with Crippen LogP contribution in [0.5, 0.6) is 0 Å². The van der Waals surface area contributed by atoms with Gasteiger partial charge >= 0.3 is 157 Å². The van der Waals surface area contributed by atoms with Gasteiger partial charge in [-0.05, 0) is 0 Å². The van der Waals surface area contributed by atoms with E-state index in [1.807, 2.05) is 0 Å². The number of unbranched alkanes of at least 4 members (excludes halogenated alkanes) is 1. The number of hydrogen-bond donors (Lipinski definition) is 0. The van der Waals surface area contributed by atoms with E-state index in [1.54, 1.807) is 11.1 Å². The molecule has 0 spiro atoms. The van der Waals surface area contributed by atoms with Gasteiger partial charge in [0.2, 0.25) is 0 Å². The average Bonchev–Trinajstić information content (AvgIpc) is 3.28. The predicted octanol–water partition coefficient (Wildman–Crippen LogP) is 0.725. The molecule has 0 aliphatic heterocycles. The van der Waals surface area contributed by atoms with Gasteiger partial charge in [0.05, 0.1) is 0 Å². The quantitative estimate of drug-likeness (QED) is 0.596. The molecule has 0 N–H and O–H groups in total. The summed E-state index contributed by atoms with van der Waals surface area (Å²) in [5.41, 5.74) is 6.07. The molecule has 3 heteroatoms. The van der Waals surface area contributed by atoms with Crippen LogP contribution in [0.1, 0.15) is 56.2 Å². The van der Waals surface area contributed by atoms with Crippen molar-refractivity contribution < 1.29 is 44.6 Å². The van der Waals surface area contributed by atoms with Crippen LogP contribution in [-0.4, -0.2) is 3.71 Å². The van der Waals surface area contributed by atoms with Crippen molar-refractivity contribution in [2.24, 2.45) is 0 Å². The summed E-state index contributed by atoms with van der Waals surface area (Å²) < 4.78 is 5.55. The molecule has 0 aromatic heterocycles. The number of benzene rings is 2. The molecule has 0 heterocycles. The van der Waals surface area contributed by atoms with Crippen LogP contribution in [-0.2, 0) is 19.8 Å². The van der Waals surface area contributed by atoms with Crippen LogP contribution >= 0.6 is 0 Å². The fourth-order valence-corrected chi connectivity index (χ4v) is 18.4. The maximum Gasteiger partial charge on any atom is -1.00 e. The SMILES string of the molecule is CCC[CH]=[Zr+2]([CH2]C)([CH]1C=Cc2ccccc21)[CH]1C=Cc2ccccc21.[Cl-].[Cl-]. The van der Waals surface area contributed by atoms with E-state index in [0.29, 0.717) is 7.25 Å². The van der Waals surface area contributed by atoms with E-state index in [0.717, 1.165) is 0 Å². The normalized spacial score (nSPS) is 19.6. The summed E-state index contributed by atoms with van der Waals surface area (Å²) in [7, 11) is 0. The van der Waals surface area contributed by atoms with Crippen molar-refractivity contribution in [2.45, 2.75) is 38.1 Å². The maximum atomic E-state index is 2.85. The molecule has 0 amide bonds. The van der Waals surface area contributed by atoms with Crippen LogP contribution in [0.2, 0.25) is 4.13 Å². The molecular formula is C24H27Cl2Zr. The van der Waals surface area contributed by atoms with Gasteiger partial charge < -0.3 is 24.8 Å². The second-order valence-electron chi connectivity index (χ2n) is 7.39. The van der Waals surface area contributed by atoms with Crippen molar-refractivity contribution in [3.05, 3.63) is 82.9 Å². The summed E-state index contributed by atoms with van der Waals surface area (Å²) in [4.78, 5) is 0. The van der Waals surface area contributed by atoms with Crippen molar-refractivity contribution in [1.82, 2.24) is 0 Å².